The van der Waals surface area contributed by atoms with Crippen LogP contribution in [0.25, 0.3) is 0 Å². The average Bonchev–Trinajstić information content (AvgIpc) is 2.79. The van der Waals surface area contributed by atoms with Crippen LogP contribution < -0.4 is 5.32 Å². The molecule has 0 spiro atoms. The van der Waals surface area contributed by atoms with Crippen LogP contribution in [-0.4, -0.2) is 19.8 Å². The van der Waals surface area contributed by atoms with E-state index in [-0.39, 0.29) is 0 Å². The van der Waals surface area contributed by atoms with Gasteiger partial charge in [0.1, 0.15) is 0 Å². The van der Waals surface area contributed by atoms with Gasteiger partial charge in [0.25, 0.3) is 0 Å². The van der Waals surface area contributed by atoms with E-state index < -0.39 is 0 Å². The Kier molecular flexibility index (Phi) is 4.38. The molecule has 3 heteroatoms. The summed E-state index contributed by atoms with van der Waals surface area (Å²) in [7, 11) is 0. The van der Waals surface area contributed by atoms with Gasteiger partial charge < -0.3 is 10.1 Å². The van der Waals surface area contributed by atoms with Crippen LogP contribution in [0.2, 0.25) is 0 Å². The Morgan fingerprint density at radius 1 is 1.50 bits per heavy atom. The molecule has 1 heterocycles. The summed E-state index contributed by atoms with van der Waals surface area (Å²) < 4.78 is 6.55. The van der Waals surface area contributed by atoms with Gasteiger partial charge in [0, 0.05) is 23.7 Å². The van der Waals surface area contributed by atoms with E-state index in [0.717, 1.165) is 19.8 Å². The van der Waals surface area contributed by atoms with Crippen LogP contribution in [0.5, 0.6) is 0 Å². The molecule has 0 aliphatic carbocycles. The molecule has 0 saturated carbocycles. The molecule has 0 radical (unpaired) electrons. The normalized spacial score (nSPS) is 22.2. The minimum Gasteiger partial charge on any atom is -0.381 e. The van der Waals surface area contributed by atoms with Crippen molar-refractivity contribution in [2.75, 3.05) is 19.8 Å². The van der Waals surface area contributed by atoms with Crippen LogP contribution in [0.15, 0.2) is 28.7 Å². The third kappa shape index (κ3) is 3.06. The quantitative estimate of drug-likeness (QED) is 0.917. The molecule has 1 N–H and O–H groups in total. The van der Waals surface area contributed by atoms with Gasteiger partial charge in [0.2, 0.25) is 0 Å². The van der Waals surface area contributed by atoms with Gasteiger partial charge in [-0.2, -0.15) is 0 Å². The fraction of sp³-hybridized carbons (Fsp3) is 0.538. The number of benzene rings is 1. The standard InChI is InChI=1S/C13H18BrNO/c1-10(12-4-2-3-5-13(12)14)15-8-11-6-7-16-9-11/h2-5,10-11,15H,6-9H2,1H3. The van der Waals surface area contributed by atoms with Crippen molar-refractivity contribution in [2.45, 2.75) is 19.4 Å². The smallest absolute Gasteiger partial charge is 0.0507 e. The highest BCUT2D eigenvalue weighted by Crippen LogP contribution is 2.23. The van der Waals surface area contributed by atoms with Gasteiger partial charge in [-0.1, -0.05) is 34.1 Å². The number of nitrogens with one attached hydrogen (secondary N) is 1. The second kappa shape index (κ2) is 5.80. The zero-order valence-corrected chi connectivity index (χ0v) is 11.2. The van der Waals surface area contributed by atoms with Gasteiger partial charge in [-0.25, -0.2) is 0 Å². The Balaban J connectivity index is 1.87. The lowest BCUT2D eigenvalue weighted by Gasteiger charge is -2.17. The molecule has 1 aliphatic heterocycles. The maximum Gasteiger partial charge on any atom is 0.0507 e. The Morgan fingerprint density at radius 2 is 2.31 bits per heavy atom. The van der Waals surface area contributed by atoms with E-state index in [0.29, 0.717) is 12.0 Å². The molecule has 1 fully saturated rings. The lowest BCUT2D eigenvalue weighted by molar-refractivity contribution is 0.184. The molecule has 2 unspecified atom stereocenters. The van der Waals surface area contributed by atoms with Gasteiger partial charge >= 0.3 is 0 Å². The third-order valence-corrected chi connectivity index (χ3v) is 3.83. The van der Waals surface area contributed by atoms with Crippen molar-refractivity contribution in [1.29, 1.82) is 0 Å². The Hall–Kier alpha value is -0.380. The van der Waals surface area contributed by atoms with Crippen molar-refractivity contribution in [3.8, 4) is 0 Å². The molecule has 1 aliphatic rings. The van der Waals surface area contributed by atoms with E-state index in [1.807, 2.05) is 6.07 Å². The molecule has 1 aromatic carbocycles. The van der Waals surface area contributed by atoms with E-state index in [4.69, 9.17) is 4.74 Å². The predicted octanol–water partition coefficient (Wildman–Crippen LogP) is 3.14. The SMILES string of the molecule is CC(NCC1CCOC1)c1ccccc1Br. The predicted molar refractivity (Wildman–Crippen MR) is 69.5 cm³/mol. The second-order valence-electron chi connectivity index (χ2n) is 4.38. The summed E-state index contributed by atoms with van der Waals surface area (Å²) in [5.74, 6) is 0.685. The van der Waals surface area contributed by atoms with Crippen molar-refractivity contribution in [3.05, 3.63) is 34.3 Å². The molecule has 1 saturated heterocycles. The van der Waals surface area contributed by atoms with Gasteiger partial charge in [-0.3, -0.25) is 0 Å². The first-order valence-corrected chi connectivity index (χ1v) is 6.62. The zero-order chi connectivity index (χ0) is 11.4. The van der Waals surface area contributed by atoms with Crippen LogP contribution >= 0.6 is 15.9 Å². The molecule has 2 atom stereocenters. The summed E-state index contributed by atoms with van der Waals surface area (Å²) in [4.78, 5) is 0. The Bertz CT molecular complexity index is 336. The van der Waals surface area contributed by atoms with E-state index in [9.17, 15) is 0 Å². The van der Waals surface area contributed by atoms with Crippen molar-refractivity contribution in [3.63, 3.8) is 0 Å². The summed E-state index contributed by atoms with van der Waals surface area (Å²) >= 11 is 3.59. The van der Waals surface area contributed by atoms with Crippen LogP contribution in [0.4, 0.5) is 0 Å². The number of rotatable bonds is 4. The van der Waals surface area contributed by atoms with Crippen LogP contribution in [0, 0.1) is 5.92 Å². The number of hydrogen-bond acceptors (Lipinski definition) is 2. The van der Waals surface area contributed by atoms with Gasteiger partial charge in [0.15, 0.2) is 0 Å². The topological polar surface area (TPSA) is 21.3 Å². The lowest BCUT2D eigenvalue weighted by Crippen LogP contribution is -2.26. The summed E-state index contributed by atoms with van der Waals surface area (Å²) in [6.07, 6.45) is 1.19. The monoisotopic (exact) mass is 283 g/mol. The summed E-state index contributed by atoms with van der Waals surface area (Å²) in [6.45, 7) is 5.09. The first-order chi connectivity index (χ1) is 7.77. The fourth-order valence-electron chi connectivity index (χ4n) is 2.02. The molecule has 16 heavy (non-hydrogen) atoms. The fourth-order valence-corrected chi connectivity index (χ4v) is 2.65. The zero-order valence-electron chi connectivity index (χ0n) is 9.58. The minimum atomic E-state index is 0.385. The molecule has 0 bridgehead atoms. The van der Waals surface area contributed by atoms with Crippen LogP contribution in [0.3, 0.4) is 0 Å². The van der Waals surface area contributed by atoms with E-state index in [1.54, 1.807) is 0 Å². The Morgan fingerprint density at radius 3 is 3.00 bits per heavy atom. The first-order valence-electron chi connectivity index (χ1n) is 5.83. The molecule has 1 aromatic rings. The number of halogens is 1. The highest BCUT2D eigenvalue weighted by Gasteiger charge is 2.17. The van der Waals surface area contributed by atoms with Crippen molar-refractivity contribution >= 4 is 15.9 Å². The van der Waals surface area contributed by atoms with Crippen molar-refractivity contribution in [1.82, 2.24) is 5.32 Å². The van der Waals surface area contributed by atoms with E-state index in [2.05, 4.69) is 46.4 Å². The third-order valence-electron chi connectivity index (χ3n) is 3.11. The number of hydrogen-bond donors (Lipinski definition) is 1. The Labute approximate surface area is 106 Å². The molecule has 0 aromatic heterocycles. The van der Waals surface area contributed by atoms with Gasteiger partial charge in [-0.15, -0.1) is 0 Å². The van der Waals surface area contributed by atoms with Crippen LogP contribution in [0.1, 0.15) is 24.9 Å². The number of ether oxygens (including phenoxy) is 1. The lowest BCUT2D eigenvalue weighted by atomic mass is 10.1. The average molecular weight is 284 g/mol. The molecular formula is C13H18BrNO. The van der Waals surface area contributed by atoms with Crippen LogP contribution in [-0.2, 0) is 4.74 Å². The maximum atomic E-state index is 5.37. The van der Waals surface area contributed by atoms with E-state index in [1.165, 1.54) is 16.5 Å². The highest BCUT2D eigenvalue weighted by atomic mass is 79.9. The van der Waals surface area contributed by atoms with E-state index >= 15 is 0 Å². The molecular weight excluding hydrogens is 266 g/mol. The van der Waals surface area contributed by atoms with Crippen molar-refractivity contribution in [2.24, 2.45) is 5.92 Å². The second-order valence-corrected chi connectivity index (χ2v) is 5.24. The summed E-state index contributed by atoms with van der Waals surface area (Å²) in [5, 5.41) is 3.57. The molecule has 88 valence electrons. The summed E-state index contributed by atoms with van der Waals surface area (Å²) in [5.41, 5.74) is 1.32. The van der Waals surface area contributed by atoms with Gasteiger partial charge in [-0.05, 0) is 30.9 Å². The first kappa shape index (κ1) is 12.1. The molecule has 2 nitrogen and oxygen atoms in total. The largest absolute Gasteiger partial charge is 0.381 e. The van der Waals surface area contributed by atoms with Gasteiger partial charge in [0.05, 0.1) is 6.61 Å². The maximum absolute atomic E-state index is 5.37. The highest BCUT2D eigenvalue weighted by molar-refractivity contribution is 9.10. The molecule has 2 rings (SSSR count). The molecule has 0 amide bonds. The van der Waals surface area contributed by atoms with Crippen molar-refractivity contribution < 1.29 is 4.74 Å². The minimum absolute atomic E-state index is 0.385. The summed E-state index contributed by atoms with van der Waals surface area (Å²) in [6, 6.07) is 8.76.